The van der Waals surface area contributed by atoms with Crippen LogP contribution < -0.4 is 10.1 Å². The first kappa shape index (κ1) is 15.7. The Labute approximate surface area is 138 Å². The predicted molar refractivity (Wildman–Crippen MR) is 86.5 cm³/mol. The normalized spacial score (nSPS) is 15.8. The van der Waals surface area contributed by atoms with Gasteiger partial charge in [-0.3, -0.25) is 9.69 Å². The first-order chi connectivity index (χ1) is 11.6. The van der Waals surface area contributed by atoms with Gasteiger partial charge in [-0.05, 0) is 41.5 Å². The van der Waals surface area contributed by atoms with Crippen LogP contribution >= 0.6 is 0 Å². The molecule has 2 aromatic carbocycles. The number of amides is 3. The van der Waals surface area contributed by atoms with Crippen molar-refractivity contribution >= 4 is 18.0 Å². The molecule has 0 bridgehead atoms. The first-order valence-electron chi connectivity index (χ1n) is 7.30. The Morgan fingerprint density at radius 1 is 1.17 bits per heavy atom. The van der Waals surface area contributed by atoms with E-state index >= 15 is 0 Å². The van der Waals surface area contributed by atoms with Gasteiger partial charge in [0.1, 0.15) is 17.3 Å². The van der Waals surface area contributed by atoms with Crippen molar-refractivity contribution < 1.29 is 18.7 Å². The second-order valence-corrected chi connectivity index (χ2v) is 5.28. The van der Waals surface area contributed by atoms with Crippen molar-refractivity contribution in [3.8, 4) is 5.75 Å². The molecule has 0 saturated carbocycles. The monoisotopic (exact) mass is 326 g/mol. The number of carbonyl (C=O) groups excluding carboxylic acids is 2. The number of hydrogen-bond donors (Lipinski definition) is 1. The maximum absolute atomic E-state index is 12.9. The molecule has 2 aromatic rings. The Kier molecular flexibility index (Phi) is 4.29. The molecule has 0 aromatic heterocycles. The summed E-state index contributed by atoms with van der Waals surface area (Å²) in [6, 6.07) is 12.3. The van der Waals surface area contributed by atoms with Crippen molar-refractivity contribution in [1.29, 1.82) is 0 Å². The number of methoxy groups -OCH3 is 1. The van der Waals surface area contributed by atoms with Gasteiger partial charge >= 0.3 is 6.03 Å². The number of nitrogens with one attached hydrogen (secondary N) is 1. The van der Waals surface area contributed by atoms with E-state index in [9.17, 15) is 14.0 Å². The zero-order valence-corrected chi connectivity index (χ0v) is 13.0. The summed E-state index contributed by atoms with van der Waals surface area (Å²) in [7, 11) is 1.55. The van der Waals surface area contributed by atoms with Crippen LogP contribution in [0.5, 0.6) is 5.75 Å². The summed E-state index contributed by atoms with van der Waals surface area (Å²) in [4.78, 5) is 25.5. The summed E-state index contributed by atoms with van der Waals surface area (Å²) in [5.74, 6) is -0.133. The quantitative estimate of drug-likeness (QED) is 0.694. The molecular weight excluding hydrogens is 311 g/mol. The van der Waals surface area contributed by atoms with Crippen LogP contribution in [0.2, 0.25) is 0 Å². The van der Waals surface area contributed by atoms with Crippen LogP contribution in [0.15, 0.2) is 54.2 Å². The molecule has 0 aliphatic carbocycles. The van der Waals surface area contributed by atoms with Crippen molar-refractivity contribution in [2.24, 2.45) is 0 Å². The van der Waals surface area contributed by atoms with Gasteiger partial charge in [-0.2, -0.15) is 0 Å². The zero-order chi connectivity index (χ0) is 17.1. The fraction of sp³-hybridized carbons (Fsp3) is 0.111. The minimum atomic E-state index is -0.501. The van der Waals surface area contributed by atoms with Crippen LogP contribution in [-0.2, 0) is 11.3 Å². The Morgan fingerprint density at radius 2 is 1.92 bits per heavy atom. The van der Waals surface area contributed by atoms with E-state index in [1.165, 1.54) is 12.1 Å². The summed E-state index contributed by atoms with van der Waals surface area (Å²) >= 11 is 0. The Hall–Kier alpha value is -3.15. The van der Waals surface area contributed by atoms with Gasteiger partial charge < -0.3 is 10.1 Å². The highest BCUT2D eigenvalue weighted by Gasteiger charge is 2.33. The number of rotatable bonds is 4. The number of ether oxygens (including phenoxy) is 1. The van der Waals surface area contributed by atoms with Gasteiger partial charge in [0.15, 0.2) is 0 Å². The minimum absolute atomic E-state index is 0.0837. The van der Waals surface area contributed by atoms with E-state index in [-0.39, 0.29) is 18.1 Å². The molecule has 122 valence electrons. The Balaban J connectivity index is 1.80. The molecule has 1 fully saturated rings. The molecule has 3 amide bonds. The number of hydrogen-bond acceptors (Lipinski definition) is 3. The molecule has 1 aliphatic rings. The fourth-order valence-corrected chi connectivity index (χ4v) is 2.39. The Bertz CT molecular complexity index is 815. The van der Waals surface area contributed by atoms with Gasteiger partial charge in [0.25, 0.3) is 5.91 Å². The highest BCUT2D eigenvalue weighted by atomic mass is 19.1. The van der Waals surface area contributed by atoms with Crippen molar-refractivity contribution in [1.82, 2.24) is 10.2 Å². The second-order valence-electron chi connectivity index (χ2n) is 5.28. The molecule has 6 heteroatoms. The lowest BCUT2D eigenvalue weighted by molar-refractivity contribution is -0.123. The first-order valence-corrected chi connectivity index (χ1v) is 7.30. The Morgan fingerprint density at radius 3 is 2.62 bits per heavy atom. The molecule has 0 unspecified atom stereocenters. The standard InChI is InChI=1S/C18H15FN2O3/c1-24-15-4-2-3-13(9-15)10-16-17(22)21(18(23)20-16)11-12-5-7-14(19)8-6-12/h2-10H,11H2,1H3,(H,20,23)/b16-10+. The summed E-state index contributed by atoms with van der Waals surface area (Å²) in [5, 5.41) is 2.55. The number of imide groups is 1. The van der Waals surface area contributed by atoms with Crippen LogP contribution in [0, 0.1) is 5.82 Å². The summed E-state index contributed by atoms with van der Waals surface area (Å²) in [5.41, 5.74) is 1.60. The van der Waals surface area contributed by atoms with E-state index in [4.69, 9.17) is 4.74 Å². The molecule has 1 N–H and O–H groups in total. The number of benzene rings is 2. The lowest BCUT2D eigenvalue weighted by atomic mass is 10.1. The predicted octanol–water partition coefficient (Wildman–Crippen LogP) is 2.93. The van der Waals surface area contributed by atoms with Crippen LogP contribution in [0.4, 0.5) is 9.18 Å². The average Bonchev–Trinajstić information content (AvgIpc) is 2.84. The molecule has 0 atom stereocenters. The SMILES string of the molecule is COc1cccc(/C=C2/NC(=O)N(Cc3ccc(F)cc3)C2=O)c1. The van der Waals surface area contributed by atoms with Crippen LogP contribution in [0.25, 0.3) is 6.08 Å². The number of halogens is 1. The van der Waals surface area contributed by atoms with Gasteiger partial charge in [-0.15, -0.1) is 0 Å². The molecule has 1 saturated heterocycles. The second kappa shape index (κ2) is 6.54. The molecule has 1 heterocycles. The molecule has 3 rings (SSSR count). The summed E-state index contributed by atoms with van der Waals surface area (Å²) < 4.78 is 18.1. The molecule has 0 radical (unpaired) electrons. The molecular formula is C18H15FN2O3. The lowest BCUT2D eigenvalue weighted by Crippen LogP contribution is -2.30. The highest BCUT2D eigenvalue weighted by molar-refractivity contribution is 6.13. The average molecular weight is 326 g/mol. The topological polar surface area (TPSA) is 58.6 Å². The van der Waals surface area contributed by atoms with E-state index in [0.717, 1.165) is 10.5 Å². The highest BCUT2D eigenvalue weighted by Crippen LogP contribution is 2.19. The minimum Gasteiger partial charge on any atom is -0.497 e. The zero-order valence-electron chi connectivity index (χ0n) is 13.0. The third-order valence-corrected chi connectivity index (χ3v) is 3.62. The van der Waals surface area contributed by atoms with Gasteiger partial charge in [-0.25, -0.2) is 9.18 Å². The van der Waals surface area contributed by atoms with Crippen LogP contribution in [-0.4, -0.2) is 23.9 Å². The smallest absolute Gasteiger partial charge is 0.329 e. The van der Waals surface area contributed by atoms with Gasteiger partial charge in [0, 0.05) is 0 Å². The van der Waals surface area contributed by atoms with Gasteiger partial charge in [0.2, 0.25) is 0 Å². The number of carbonyl (C=O) groups is 2. The van der Waals surface area contributed by atoms with Crippen molar-refractivity contribution in [2.45, 2.75) is 6.54 Å². The van der Waals surface area contributed by atoms with Gasteiger partial charge in [0.05, 0.1) is 13.7 Å². The number of nitrogens with zero attached hydrogens (tertiary/aromatic N) is 1. The largest absolute Gasteiger partial charge is 0.497 e. The molecule has 5 nitrogen and oxygen atoms in total. The molecule has 1 aliphatic heterocycles. The van der Waals surface area contributed by atoms with Crippen LogP contribution in [0.3, 0.4) is 0 Å². The van der Waals surface area contributed by atoms with E-state index in [1.54, 1.807) is 49.6 Å². The maximum Gasteiger partial charge on any atom is 0.329 e. The third kappa shape index (κ3) is 3.27. The van der Waals surface area contributed by atoms with E-state index < -0.39 is 11.9 Å². The lowest BCUT2D eigenvalue weighted by Gasteiger charge is -2.11. The van der Waals surface area contributed by atoms with E-state index in [0.29, 0.717) is 11.3 Å². The summed E-state index contributed by atoms with van der Waals surface area (Å²) in [6.07, 6.45) is 1.59. The van der Waals surface area contributed by atoms with E-state index in [2.05, 4.69) is 5.32 Å². The number of urea groups is 1. The molecule has 24 heavy (non-hydrogen) atoms. The third-order valence-electron chi connectivity index (χ3n) is 3.62. The van der Waals surface area contributed by atoms with Crippen molar-refractivity contribution in [3.63, 3.8) is 0 Å². The van der Waals surface area contributed by atoms with Crippen LogP contribution in [0.1, 0.15) is 11.1 Å². The maximum atomic E-state index is 12.9. The summed E-state index contributed by atoms with van der Waals surface area (Å²) in [6.45, 7) is 0.0837. The molecule has 0 spiro atoms. The van der Waals surface area contributed by atoms with E-state index in [1.807, 2.05) is 0 Å². The van der Waals surface area contributed by atoms with Crippen molar-refractivity contribution in [2.75, 3.05) is 7.11 Å². The fourth-order valence-electron chi connectivity index (χ4n) is 2.39. The van der Waals surface area contributed by atoms with Gasteiger partial charge in [-0.1, -0.05) is 24.3 Å². The van der Waals surface area contributed by atoms with Crippen molar-refractivity contribution in [3.05, 3.63) is 71.2 Å².